The summed E-state index contributed by atoms with van der Waals surface area (Å²) in [4.78, 5) is 4.09. The summed E-state index contributed by atoms with van der Waals surface area (Å²) in [7, 11) is 1.81. The molecule has 13 heavy (non-hydrogen) atoms. The van der Waals surface area contributed by atoms with Crippen LogP contribution < -0.4 is 5.32 Å². The zero-order valence-electron chi connectivity index (χ0n) is 7.75. The molecule has 2 heterocycles. The second kappa shape index (κ2) is 3.79. The van der Waals surface area contributed by atoms with Crippen LogP contribution in [0, 0.1) is 0 Å². The first kappa shape index (κ1) is 8.56. The van der Waals surface area contributed by atoms with Crippen molar-refractivity contribution in [3.63, 3.8) is 0 Å². The van der Waals surface area contributed by atoms with E-state index in [2.05, 4.69) is 10.3 Å². The lowest BCUT2D eigenvalue weighted by Gasteiger charge is -2.19. The third kappa shape index (κ3) is 1.83. The average molecular weight is 182 g/mol. The number of aromatic nitrogens is 1. The Kier molecular flexibility index (Phi) is 2.49. The maximum atomic E-state index is 5.49. The van der Waals surface area contributed by atoms with Crippen molar-refractivity contribution in [1.82, 2.24) is 4.98 Å². The largest absolute Gasteiger partial charge is 0.428 e. The molecular weight excluding hydrogens is 168 g/mol. The van der Waals surface area contributed by atoms with Crippen LogP contribution in [0.1, 0.15) is 24.5 Å². The third-order valence-electron chi connectivity index (χ3n) is 2.36. The number of nitrogens with one attached hydrogen (secondary N) is 1. The van der Waals surface area contributed by atoms with Gasteiger partial charge in [0, 0.05) is 26.2 Å². The molecule has 1 aliphatic rings. The summed E-state index contributed by atoms with van der Waals surface area (Å²) in [5.74, 6) is 1.47. The van der Waals surface area contributed by atoms with Gasteiger partial charge in [-0.3, -0.25) is 0 Å². The Labute approximate surface area is 77.3 Å². The smallest absolute Gasteiger partial charge is 0.294 e. The average Bonchev–Trinajstić information content (AvgIpc) is 2.67. The van der Waals surface area contributed by atoms with Gasteiger partial charge in [-0.15, -0.1) is 0 Å². The van der Waals surface area contributed by atoms with Gasteiger partial charge < -0.3 is 14.5 Å². The molecule has 0 radical (unpaired) electrons. The number of hydrogen-bond acceptors (Lipinski definition) is 4. The van der Waals surface area contributed by atoms with Gasteiger partial charge in [-0.05, 0) is 12.8 Å². The van der Waals surface area contributed by atoms with Gasteiger partial charge in [0.1, 0.15) is 5.76 Å². The summed E-state index contributed by atoms with van der Waals surface area (Å²) in [5, 5.41) is 2.88. The number of anilines is 1. The summed E-state index contributed by atoms with van der Waals surface area (Å²) in [5.41, 5.74) is 0. The van der Waals surface area contributed by atoms with Crippen LogP contribution in [0.5, 0.6) is 0 Å². The molecule has 0 saturated carbocycles. The lowest BCUT2D eigenvalue weighted by molar-refractivity contribution is 0.0808. The summed E-state index contributed by atoms with van der Waals surface area (Å²) in [6.45, 7) is 1.67. The molecule has 1 fully saturated rings. The maximum absolute atomic E-state index is 5.49. The molecule has 1 aliphatic heterocycles. The summed E-state index contributed by atoms with van der Waals surface area (Å²) in [6, 6.07) is 0.599. The van der Waals surface area contributed by atoms with E-state index in [-0.39, 0.29) is 0 Å². The van der Waals surface area contributed by atoms with Crippen LogP contribution in [0.4, 0.5) is 6.01 Å². The van der Waals surface area contributed by atoms with E-state index < -0.39 is 0 Å². The van der Waals surface area contributed by atoms with Crippen LogP contribution >= 0.6 is 0 Å². The summed E-state index contributed by atoms with van der Waals surface area (Å²) in [6.07, 6.45) is 3.89. The molecule has 1 saturated heterocycles. The summed E-state index contributed by atoms with van der Waals surface area (Å²) >= 11 is 0. The third-order valence-corrected chi connectivity index (χ3v) is 2.36. The van der Waals surface area contributed by atoms with E-state index in [1.54, 1.807) is 7.05 Å². The number of nitrogens with zero attached hydrogens (tertiary/aromatic N) is 1. The Morgan fingerprint density at radius 2 is 2.23 bits per heavy atom. The van der Waals surface area contributed by atoms with E-state index in [0.717, 1.165) is 31.8 Å². The SMILES string of the molecule is CNc1ncc(C2CCOCC2)o1. The molecule has 1 aromatic rings. The topological polar surface area (TPSA) is 47.3 Å². The first-order valence-corrected chi connectivity index (χ1v) is 4.61. The van der Waals surface area contributed by atoms with Gasteiger partial charge in [0.05, 0.1) is 6.20 Å². The van der Waals surface area contributed by atoms with Gasteiger partial charge in [0.2, 0.25) is 0 Å². The van der Waals surface area contributed by atoms with Gasteiger partial charge in [-0.1, -0.05) is 0 Å². The zero-order valence-corrected chi connectivity index (χ0v) is 7.75. The molecule has 0 unspecified atom stereocenters. The quantitative estimate of drug-likeness (QED) is 0.754. The van der Waals surface area contributed by atoms with Gasteiger partial charge in [0.15, 0.2) is 0 Å². The van der Waals surface area contributed by atoms with Crippen LogP contribution in [0.2, 0.25) is 0 Å². The van der Waals surface area contributed by atoms with E-state index >= 15 is 0 Å². The number of ether oxygens (including phenoxy) is 1. The monoisotopic (exact) mass is 182 g/mol. The van der Waals surface area contributed by atoms with E-state index in [1.165, 1.54) is 0 Å². The molecule has 0 aliphatic carbocycles. The van der Waals surface area contributed by atoms with Gasteiger partial charge in [-0.25, -0.2) is 4.98 Å². The van der Waals surface area contributed by atoms with Crippen molar-refractivity contribution in [1.29, 1.82) is 0 Å². The van der Waals surface area contributed by atoms with Crippen molar-refractivity contribution in [3.8, 4) is 0 Å². The predicted octanol–water partition coefficient (Wildman–Crippen LogP) is 1.61. The highest BCUT2D eigenvalue weighted by Crippen LogP contribution is 2.28. The normalized spacial score (nSPS) is 18.8. The first-order chi connectivity index (χ1) is 6.40. The van der Waals surface area contributed by atoms with Crippen molar-refractivity contribution in [2.24, 2.45) is 0 Å². The van der Waals surface area contributed by atoms with Crippen molar-refractivity contribution in [2.75, 3.05) is 25.6 Å². The van der Waals surface area contributed by atoms with Crippen LogP contribution in [0.15, 0.2) is 10.6 Å². The molecule has 1 aromatic heterocycles. The Morgan fingerprint density at radius 1 is 1.46 bits per heavy atom. The van der Waals surface area contributed by atoms with Crippen molar-refractivity contribution in [2.45, 2.75) is 18.8 Å². The van der Waals surface area contributed by atoms with Gasteiger partial charge in [-0.2, -0.15) is 0 Å². The fraction of sp³-hybridized carbons (Fsp3) is 0.667. The predicted molar refractivity (Wildman–Crippen MR) is 48.8 cm³/mol. The Bertz CT molecular complexity index is 266. The molecule has 0 aromatic carbocycles. The zero-order chi connectivity index (χ0) is 9.10. The van der Waals surface area contributed by atoms with Crippen LogP contribution in [0.3, 0.4) is 0 Å². The first-order valence-electron chi connectivity index (χ1n) is 4.61. The lowest BCUT2D eigenvalue weighted by Crippen LogP contribution is -2.13. The molecule has 2 rings (SSSR count). The minimum Gasteiger partial charge on any atom is -0.428 e. The molecule has 0 spiro atoms. The fourth-order valence-corrected chi connectivity index (χ4v) is 1.57. The molecule has 4 heteroatoms. The Morgan fingerprint density at radius 3 is 2.85 bits per heavy atom. The van der Waals surface area contributed by atoms with Crippen molar-refractivity contribution >= 4 is 6.01 Å². The van der Waals surface area contributed by atoms with Crippen molar-refractivity contribution < 1.29 is 9.15 Å². The number of rotatable bonds is 2. The van der Waals surface area contributed by atoms with E-state index in [4.69, 9.17) is 9.15 Å². The molecule has 0 atom stereocenters. The van der Waals surface area contributed by atoms with Crippen LogP contribution in [-0.2, 0) is 4.74 Å². The van der Waals surface area contributed by atoms with Crippen LogP contribution in [-0.4, -0.2) is 25.2 Å². The highest BCUT2D eigenvalue weighted by molar-refractivity contribution is 5.20. The lowest BCUT2D eigenvalue weighted by atomic mass is 9.98. The summed E-state index contributed by atoms with van der Waals surface area (Å²) < 4.78 is 10.8. The number of oxazole rings is 1. The highest BCUT2D eigenvalue weighted by atomic mass is 16.5. The molecule has 0 bridgehead atoms. The molecule has 4 nitrogen and oxygen atoms in total. The molecular formula is C9H14N2O2. The minimum atomic E-state index is 0.489. The second-order valence-corrected chi connectivity index (χ2v) is 3.20. The van der Waals surface area contributed by atoms with Crippen LogP contribution in [0.25, 0.3) is 0 Å². The molecule has 72 valence electrons. The molecule has 0 amide bonds. The maximum Gasteiger partial charge on any atom is 0.294 e. The standard InChI is InChI=1S/C9H14N2O2/c1-10-9-11-6-8(13-9)7-2-4-12-5-3-7/h6-7H,2-5H2,1H3,(H,10,11). The van der Waals surface area contributed by atoms with Gasteiger partial charge in [0.25, 0.3) is 6.01 Å². The van der Waals surface area contributed by atoms with E-state index in [0.29, 0.717) is 11.9 Å². The van der Waals surface area contributed by atoms with Gasteiger partial charge >= 0.3 is 0 Å². The van der Waals surface area contributed by atoms with E-state index in [9.17, 15) is 0 Å². The number of hydrogen-bond donors (Lipinski definition) is 1. The fourth-order valence-electron chi connectivity index (χ4n) is 1.57. The molecule has 1 N–H and O–H groups in total. The Balaban J connectivity index is 2.05. The Hall–Kier alpha value is -1.03. The highest BCUT2D eigenvalue weighted by Gasteiger charge is 2.19. The minimum absolute atomic E-state index is 0.489. The van der Waals surface area contributed by atoms with E-state index in [1.807, 2.05) is 6.20 Å². The second-order valence-electron chi connectivity index (χ2n) is 3.20. The van der Waals surface area contributed by atoms with Crippen molar-refractivity contribution in [3.05, 3.63) is 12.0 Å².